The summed E-state index contributed by atoms with van der Waals surface area (Å²) in [7, 11) is 0. The lowest BCUT2D eigenvalue weighted by Gasteiger charge is -2.15. The summed E-state index contributed by atoms with van der Waals surface area (Å²) in [6.45, 7) is 0.348. The number of hydrogen-bond donors (Lipinski definition) is 2. The van der Waals surface area contributed by atoms with Crippen molar-refractivity contribution in [2.45, 2.75) is 12.5 Å². The fourth-order valence-corrected chi connectivity index (χ4v) is 2.63. The number of amides is 1. The Morgan fingerprint density at radius 1 is 1.29 bits per heavy atom. The minimum Gasteiger partial charge on any atom is -0.492 e. The zero-order valence-corrected chi connectivity index (χ0v) is 12.1. The van der Waals surface area contributed by atoms with Crippen molar-refractivity contribution in [2.24, 2.45) is 5.73 Å². The van der Waals surface area contributed by atoms with Crippen LogP contribution in [0.2, 0.25) is 5.02 Å². The van der Waals surface area contributed by atoms with Gasteiger partial charge in [0, 0.05) is 0 Å². The van der Waals surface area contributed by atoms with Crippen molar-refractivity contribution in [3.8, 4) is 5.75 Å². The Morgan fingerprint density at radius 2 is 2.05 bits per heavy atom. The van der Waals surface area contributed by atoms with Gasteiger partial charge in [-0.2, -0.15) is 0 Å². The molecule has 0 spiro atoms. The predicted octanol–water partition coefficient (Wildman–Crippen LogP) is 2.91. The number of carbonyl (C=O) groups excluding carboxylic acids is 1. The van der Waals surface area contributed by atoms with Crippen molar-refractivity contribution in [2.75, 3.05) is 11.9 Å². The van der Waals surface area contributed by atoms with Gasteiger partial charge in [0.25, 0.3) is 0 Å². The molecule has 0 saturated heterocycles. The van der Waals surface area contributed by atoms with Crippen LogP contribution in [0.4, 0.5) is 5.69 Å². The molecule has 3 N–H and O–H groups in total. The van der Waals surface area contributed by atoms with Crippen molar-refractivity contribution in [1.82, 2.24) is 0 Å². The molecule has 0 bridgehead atoms. The van der Waals surface area contributed by atoms with Crippen molar-refractivity contribution >= 4 is 23.2 Å². The van der Waals surface area contributed by atoms with Gasteiger partial charge < -0.3 is 15.8 Å². The van der Waals surface area contributed by atoms with E-state index in [0.717, 1.165) is 16.9 Å². The van der Waals surface area contributed by atoms with E-state index in [4.69, 9.17) is 22.1 Å². The molecule has 3 rings (SSSR count). The molecule has 108 valence electrons. The second-order valence-electron chi connectivity index (χ2n) is 4.99. The smallest absolute Gasteiger partial charge is 0.228 e. The average molecular weight is 303 g/mol. The Labute approximate surface area is 127 Å². The van der Waals surface area contributed by atoms with Crippen LogP contribution in [0.15, 0.2) is 42.5 Å². The highest BCUT2D eigenvalue weighted by atomic mass is 35.5. The predicted molar refractivity (Wildman–Crippen MR) is 82.7 cm³/mol. The standard InChI is InChI=1S/C16H15ClN2O2/c17-13-7-10(6-11-8-15(20)19-16(11)13)14(18)9-21-12-4-2-1-3-5-12/h1-7,14H,8-9,18H2,(H,19,20). The molecule has 2 aromatic carbocycles. The van der Waals surface area contributed by atoms with Crippen LogP contribution >= 0.6 is 11.6 Å². The van der Waals surface area contributed by atoms with Crippen LogP contribution in [0.25, 0.3) is 0 Å². The molecular formula is C16H15ClN2O2. The van der Waals surface area contributed by atoms with Gasteiger partial charge in [-0.15, -0.1) is 0 Å². The molecule has 5 heteroatoms. The molecule has 1 atom stereocenters. The van der Waals surface area contributed by atoms with Crippen LogP contribution in [0, 0.1) is 0 Å². The highest BCUT2D eigenvalue weighted by Gasteiger charge is 2.22. The fourth-order valence-electron chi connectivity index (χ4n) is 2.34. The Morgan fingerprint density at radius 3 is 2.81 bits per heavy atom. The highest BCUT2D eigenvalue weighted by Crippen LogP contribution is 2.33. The van der Waals surface area contributed by atoms with Gasteiger partial charge in [0.1, 0.15) is 12.4 Å². The number of fused-ring (bicyclic) bond motifs is 1. The monoisotopic (exact) mass is 302 g/mol. The minimum atomic E-state index is -0.302. The van der Waals surface area contributed by atoms with E-state index in [1.54, 1.807) is 6.07 Å². The van der Waals surface area contributed by atoms with Gasteiger partial charge in [0.15, 0.2) is 0 Å². The van der Waals surface area contributed by atoms with E-state index < -0.39 is 0 Å². The molecule has 0 radical (unpaired) electrons. The third-order valence-corrected chi connectivity index (χ3v) is 3.71. The van der Waals surface area contributed by atoms with E-state index in [1.807, 2.05) is 36.4 Å². The third-order valence-electron chi connectivity index (χ3n) is 3.41. The molecule has 0 aromatic heterocycles. The van der Waals surface area contributed by atoms with Crippen LogP contribution < -0.4 is 15.8 Å². The summed E-state index contributed by atoms with van der Waals surface area (Å²) in [6, 6.07) is 12.9. The number of carbonyl (C=O) groups is 1. The molecule has 1 unspecified atom stereocenters. The third kappa shape index (κ3) is 3.01. The Hall–Kier alpha value is -2.04. The normalized spacial score (nSPS) is 14.5. The molecule has 0 aliphatic carbocycles. The Balaban J connectivity index is 1.73. The summed E-state index contributed by atoms with van der Waals surface area (Å²) in [5.41, 5.74) is 8.60. The largest absolute Gasteiger partial charge is 0.492 e. The van der Waals surface area contributed by atoms with Gasteiger partial charge in [-0.3, -0.25) is 4.79 Å². The lowest BCUT2D eigenvalue weighted by atomic mass is 10.0. The molecule has 1 amide bonds. The number of rotatable bonds is 4. The van der Waals surface area contributed by atoms with Crippen molar-refractivity contribution < 1.29 is 9.53 Å². The number of para-hydroxylation sites is 1. The maximum Gasteiger partial charge on any atom is 0.228 e. The zero-order chi connectivity index (χ0) is 14.8. The fraction of sp³-hybridized carbons (Fsp3) is 0.188. The number of anilines is 1. The zero-order valence-electron chi connectivity index (χ0n) is 11.3. The summed E-state index contributed by atoms with van der Waals surface area (Å²) >= 11 is 6.19. The summed E-state index contributed by atoms with van der Waals surface area (Å²) in [5.74, 6) is 0.732. The van der Waals surface area contributed by atoms with Gasteiger partial charge in [-0.05, 0) is 29.3 Å². The van der Waals surface area contributed by atoms with E-state index in [0.29, 0.717) is 23.7 Å². The summed E-state index contributed by atoms with van der Waals surface area (Å²) < 4.78 is 5.65. The average Bonchev–Trinajstić information content (AvgIpc) is 2.87. The first-order valence-corrected chi connectivity index (χ1v) is 7.07. The first-order chi connectivity index (χ1) is 10.1. The summed E-state index contributed by atoms with van der Waals surface area (Å²) in [6.07, 6.45) is 0.342. The second kappa shape index (κ2) is 5.76. The second-order valence-corrected chi connectivity index (χ2v) is 5.40. The van der Waals surface area contributed by atoms with E-state index in [1.165, 1.54) is 0 Å². The number of nitrogens with two attached hydrogens (primary N) is 1. The summed E-state index contributed by atoms with van der Waals surface area (Å²) in [5, 5.41) is 3.26. The Kier molecular flexibility index (Phi) is 3.82. The van der Waals surface area contributed by atoms with Gasteiger partial charge >= 0.3 is 0 Å². The van der Waals surface area contributed by atoms with Crippen molar-refractivity contribution in [1.29, 1.82) is 0 Å². The molecule has 4 nitrogen and oxygen atoms in total. The first kappa shape index (κ1) is 13.9. The van der Waals surface area contributed by atoms with Crippen LogP contribution in [0.1, 0.15) is 17.2 Å². The number of halogens is 1. The Bertz CT molecular complexity index is 673. The van der Waals surface area contributed by atoms with E-state index in [9.17, 15) is 4.79 Å². The number of nitrogens with one attached hydrogen (secondary N) is 1. The van der Waals surface area contributed by atoms with Gasteiger partial charge in [0.05, 0.1) is 23.2 Å². The number of benzene rings is 2. The lowest BCUT2D eigenvalue weighted by Crippen LogP contribution is -2.19. The van der Waals surface area contributed by atoms with Gasteiger partial charge in [-0.25, -0.2) is 0 Å². The maximum absolute atomic E-state index is 11.4. The van der Waals surface area contributed by atoms with E-state index >= 15 is 0 Å². The van der Waals surface area contributed by atoms with Gasteiger partial charge in [-0.1, -0.05) is 35.9 Å². The van der Waals surface area contributed by atoms with Crippen LogP contribution in [0.3, 0.4) is 0 Å². The number of ether oxygens (including phenoxy) is 1. The molecule has 2 aromatic rings. The first-order valence-electron chi connectivity index (χ1n) is 6.69. The summed E-state index contributed by atoms with van der Waals surface area (Å²) in [4.78, 5) is 11.4. The molecule has 0 fully saturated rings. The van der Waals surface area contributed by atoms with E-state index in [2.05, 4.69) is 5.32 Å². The van der Waals surface area contributed by atoms with Crippen molar-refractivity contribution in [3.63, 3.8) is 0 Å². The lowest BCUT2D eigenvalue weighted by molar-refractivity contribution is -0.115. The molecule has 0 saturated carbocycles. The maximum atomic E-state index is 11.4. The van der Waals surface area contributed by atoms with Crippen LogP contribution in [0.5, 0.6) is 5.75 Å². The van der Waals surface area contributed by atoms with E-state index in [-0.39, 0.29) is 11.9 Å². The minimum absolute atomic E-state index is 0.0434. The van der Waals surface area contributed by atoms with Crippen LogP contribution in [-0.4, -0.2) is 12.5 Å². The molecule has 21 heavy (non-hydrogen) atoms. The molecule has 1 heterocycles. The number of hydrogen-bond acceptors (Lipinski definition) is 3. The van der Waals surface area contributed by atoms with Gasteiger partial charge in [0.2, 0.25) is 5.91 Å². The van der Waals surface area contributed by atoms with Crippen LogP contribution in [-0.2, 0) is 11.2 Å². The SMILES string of the molecule is NC(COc1ccccc1)c1cc(Cl)c2c(c1)CC(=O)N2. The molecule has 1 aliphatic rings. The molecular weight excluding hydrogens is 288 g/mol. The topological polar surface area (TPSA) is 64.3 Å². The highest BCUT2D eigenvalue weighted by molar-refractivity contribution is 6.34. The quantitative estimate of drug-likeness (QED) is 0.912. The van der Waals surface area contributed by atoms with Crippen molar-refractivity contribution in [3.05, 3.63) is 58.6 Å². The molecule has 1 aliphatic heterocycles.